The molecule has 108 valence electrons. The van der Waals surface area contributed by atoms with Gasteiger partial charge in [0, 0.05) is 27.8 Å². The molecule has 21 heavy (non-hydrogen) atoms. The smallest absolute Gasteiger partial charge is 0.0648 e. The number of hydrogen-bond acceptors (Lipinski definition) is 2. The zero-order valence-corrected chi connectivity index (χ0v) is 13.4. The molecule has 2 aromatic heterocycles. The van der Waals surface area contributed by atoms with E-state index in [0.29, 0.717) is 0 Å². The highest BCUT2D eigenvalue weighted by Crippen LogP contribution is 2.23. The molecule has 0 aliphatic rings. The minimum absolute atomic E-state index is 0.730. The number of aryl methyl sites for hydroxylation is 1. The summed E-state index contributed by atoms with van der Waals surface area (Å²) in [6.45, 7) is 1.52. The summed E-state index contributed by atoms with van der Waals surface area (Å²) < 4.78 is 3.28. The van der Waals surface area contributed by atoms with E-state index in [1.54, 1.807) is 0 Å². The van der Waals surface area contributed by atoms with Gasteiger partial charge >= 0.3 is 0 Å². The van der Waals surface area contributed by atoms with Gasteiger partial charge in [-0.1, -0.05) is 18.2 Å². The Kier molecular flexibility index (Phi) is 4.36. The number of nitrogens with two attached hydrogens (primary N) is 1. The molecule has 0 atom stereocenters. The Morgan fingerprint density at radius 3 is 2.76 bits per heavy atom. The highest BCUT2D eigenvalue weighted by atomic mass is 79.9. The molecule has 0 saturated carbocycles. The van der Waals surface area contributed by atoms with Crippen LogP contribution in [0.2, 0.25) is 0 Å². The van der Waals surface area contributed by atoms with Gasteiger partial charge in [-0.2, -0.15) is 0 Å². The molecule has 2 N–H and O–H groups in total. The lowest BCUT2D eigenvalue weighted by Gasteiger charge is -2.04. The van der Waals surface area contributed by atoms with E-state index in [1.165, 1.54) is 16.5 Å². The van der Waals surface area contributed by atoms with Crippen LogP contribution in [0.15, 0.2) is 53.3 Å². The lowest BCUT2D eigenvalue weighted by atomic mass is 10.1. The SMILES string of the molecule is NCCCc1cn(Cc2ccc(Br)cn2)c2ccccc12. The number of hydrogen-bond donors (Lipinski definition) is 1. The molecule has 2 heterocycles. The van der Waals surface area contributed by atoms with E-state index in [4.69, 9.17) is 5.73 Å². The number of benzene rings is 1. The largest absolute Gasteiger partial charge is 0.341 e. The molecule has 0 bridgehead atoms. The van der Waals surface area contributed by atoms with Crippen molar-refractivity contribution in [2.75, 3.05) is 6.54 Å². The zero-order chi connectivity index (χ0) is 14.7. The summed E-state index contributed by atoms with van der Waals surface area (Å²) in [5.74, 6) is 0. The number of pyridine rings is 1. The van der Waals surface area contributed by atoms with E-state index in [0.717, 1.165) is 36.1 Å². The van der Waals surface area contributed by atoms with Crippen LogP contribution in [-0.2, 0) is 13.0 Å². The van der Waals surface area contributed by atoms with Crippen molar-refractivity contribution < 1.29 is 0 Å². The molecular formula is C17H18BrN3. The fraction of sp³-hybridized carbons (Fsp3) is 0.235. The monoisotopic (exact) mass is 343 g/mol. The average molecular weight is 344 g/mol. The minimum atomic E-state index is 0.730. The number of para-hydroxylation sites is 1. The van der Waals surface area contributed by atoms with Crippen LogP contribution in [0.3, 0.4) is 0 Å². The highest BCUT2D eigenvalue weighted by molar-refractivity contribution is 9.10. The molecule has 4 heteroatoms. The zero-order valence-electron chi connectivity index (χ0n) is 11.8. The summed E-state index contributed by atoms with van der Waals surface area (Å²) in [6, 6.07) is 12.6. The van der Waals surface area contributed by atoms with Gasteiger partial charge in [0.1, 0.15) is 0 Å². The molecule has 1 aromatic carbocycles. The van der Waals surface area contributed by atoms with Crippen LogP contribution in [-0.4, -0.2) is 16.1 Å². The van der Waals surface area contributed by atoms with E-state index in [-0.39, 0.29) is 0 Å². The Balaban J connectivity index is 1.96. The van der Waals surface area contributed by atoms with Crippen LogP contribution < -0.4 is 5.73 Å². The van der Waals surface area contributed by atoms with Gasteiger partial charge in [-0.3, -0.25) is 4.98 Å². The third-order valence-electron chi connectivity index (χ3n) is 3.64. The fourth-order valence-electron chi connectivity index (χ4n) is 2.62. The van der Waals surface area contributed by atoms with Gasteiger partial charge < -0.3 is 10.3 Å². The average Bonchev–Trinajstić information content (AvgIpc) is 2.86. The second-order valence-corrected chi connectivity index (χ2v) is 6.08. The molecule has 0 saturated heterocycles. The Hall–Kier alpha value is -1.65. The first-order valence-corrected chi connectivity index (χ1v) is 7.94. The van der Waals surface area contributed by atoms with Crippen molar-refractivity contribution >= 4 is 26.8 Å². The summed E-state index contributed by atoms with van der Waals surface area (Å²) in [4.78, 5) is 4.46. The number of aromatic nitrogens is 2. The van der Waals surface area contributed by atoms with Crippen molar-refractivity contribution in [1.82, 2.24) is 9.55 Å². The number of rotatable bonds is 5. The van der Waals surface area contributed by atoms with Crippen LogP contribution in [0.5, 0.6) is 0 Å². The van der Waals surface area contributed by atoms with E-state index >= 15 is 0 Å². The molecule has 0 fully saturated rings. The predicted molar refractivity (Wildman–Crippen MR) is 90.4 cm³/mol. The molecule has 0 radical (unpaired) electrons. The van der Waals surface area contributed by atoms with Crippen molar-refractivity contribution in [2.24, 2.45) is 5.73 Å². The third-order valence-corrected chi connectivity index (χ3v) is 4.11. The lowest BCUT2D eigenvalue weighted by molar-refractivity contribution is 0.789. The second kappa shape index (κ2) is 6.41. The Morgan fingerprint density at radius 2 is 2.00 bits per heavy atom. The first-order valence-electron chi connectivity index (χ1n) is 7.15. The van der Waals surface area contributed by atoms with Crippen molar-refractivity contribution in [1.29, 1.82) is 0 Å². The van der Waals surface area contributed by atoms with Gasteiger partial charge in [-0.05, 0) is 59.1 Å². The van der Waals surface area contributed by atoms with Gasteiger partial charge in [0.05, 0.1) is 12.2 Å². The lowest BCUT2D eigenvalue weighted by Crippen LogP contribution is -2.01. The topological polar surface area (TPSA) is 43.8 Å². The summed E-state index contributed by atoms with van der Waals surface area (Å²) in [6.07, 6.45) is 6.13. The quantitative estimate of drug-likeness (QED) is 0.766. The molecular weight excluding hydrogens is 326 g/mol. The summed E-state index contributed by atoms with van der Waals surface area (Å²) in [5, 5.41) is 1.32. The van der Waals surface area contributed by atoms with Crippen molar-refractivity contribution in [3.8, 4) is 0 Å². The fourth-order valence-corrected chi connectivity index (χ4v) is 2.85. The van der Waals surface area contributed by atoms with Crippen LogP contribution in [0.4, 0.5) is 0 Å². The number of halogens is 1. The Morgan fingerprint density at radius 1 is 1.14 bits per heavy atom. The van der Waals surface area contributed by atoms with Crippen molar-refractivity contribution in [3.05, 3.63) is 64.5 Å². The maximum atomic E-state index is 5.64. The molecule has 0 aliphatic heterocycles. The number of nitrogens with zero attached hydrogens (tertiary/aromatic N) is 2. The van der Waals surface area contributed by atoms with E-state index in [1.807, 2.05) is 12.3 Å². The first-order chi connectivity index (χ1) is 10.3. The van der Waals surface area contributed by atoms with Crippen LogP contribution >= 0.6 is 15.9 Å². The number of fused-ring (bicyclic) bond motifs is 1. The summed E-state index contributed by atoms with van der Waals surface area (Å²) in [7, 11) is 0. The Labute approximate surface area is 132 Å². The van der Waals surface area contributed by atoms with Gasteiger partial charge in [0.25, 0.3) is 0 Å². The van der Waals surface area contributed by atoms with Gasteiger partial charge in [-0.25, -0.2) is 0 Å². The minimum Gasteiger partial charge on any atom is -0.341 e. The van der Waals surface area contributed by atoms with Crippen LogP contribution in [0.25, 0.3) is 10.9 Å². The van der Waals surface area contributed by atoms with Gasteiger partial charge in [0.2, 0.25) is 0 Å². The second-order valence-electron chi connectivity index (χ2n) is 5.16. The third kappa shape index (κ3) is 3.17. The molecule has 3 nitrogen and oxygen atoms in total. The predicted octanol–water partition coefficient (Wildman–Crippen LogP) is 3.74. The van der Waals surface area contributed by atoms with E-state index in [9.17, 15) is 0 Å². The first kappa shape index (κ1) is 14.3. The molecule has 0 amide bonds. The molecule has 0 unspecified atom stereocenters. The van der Waals surface area contributed by atoms with Crippen molar-refractivity contribution in [2.45, 2.75) is 19.4 Å². The molecule has 0 spiro atoms. The summed E-state index contributed by atoms with van der Waals surface area (Å²) >= 11 is 3.42. The normalized spacial score (nSPS) is 11.1. The molecule has 0 aliphatic carbocycles. The summed E-state index contributed by atoms with van der Waals surface area (Å²) in [5.41, 5.74) is 9.33. The van der Waals surface area contributed by atoms with Crippen LogP contribution in [0, 0.1) is 0 Å². The van der Waals surface area contributed by atoms with E-state index in [2.05, 4.69) is 62.0 Å². The van der Waals surface area contributed by atoms with Gasteiger partial charge in [-0.15, -0.1) is 0 Å². The maximum Gasteiger partial charge on any atom is 0.0648 e. The molecule has 3 rings (SSSR count). The van der Waals surface area contributed by atoms with E-state index < -0.39 is 0 Å². The maximum absolute atomic E-state index is 5.64. The van der Waals surface area contributed by atoms with Gasteiger partial charge in [0.15, 0.2) is 0 Å². The molecule has 3 aromatic rings. The standard InChI is InChI=1S/C17H18BrN3/c18-14-7-8-15(20-10-14)12-21-11-13(4-3-9-19)16-5-1-2-6-17(16)21/h1-2,5-8,10-11H,3-4,9,12,19H2. The Bertz CT molecular complexity index is 731. The highest BCUT2D eigenvalue weighted by Gasteiger charge is 2.08. The van der Waals surface area contributed by atoms with Crippen LogP contribution in [0.1, 0.15) is 17.7 Å². The van der Waals surface area contributed by atoms with Crippen molar-refractivity contribution in [3.63, 3.8) is 0 Å².